The molecule has 0 aromatic heterocycles. The minimum Gasteiger partial charge on any atom is -0.376 e. The van der Waals surface area contributed by atoms with E-state index < -0.39 is 0 Å². The Bertz CT molecular complexity index is 376. The van der Waals surface area contributed by atoms with Gasteiger partial charge in [0.2, 0.25) is 0 Å². The van der Waals surface area contributed by atoms with Gasteiger partial charge in [-0.15, -0.1) is 0 Å². The van der Waals surface area contributed by atoms with Gasteiger partial charge in [-0.05, 0) is 38.1 Å². The van der Waals surface area contributed by atoms with Crippen LogP contribution in [-0.4, -0.2) is 44.3 Å². The van der Waals surface area contributed by atoms with Crippen LogP contribution in [-0.2, 0) is 4.74 Å². The summed E-state index contributed by atoms with van der Waals surface area (Å²) in [7, 11) is 2.16. The molecule has 0 saturated carbocycles. The molecule has 0 aliphatic carbocycles. The third-order valence-corrected chi connectivity index (χ3v) is 4.07. The summed E-state index contributed by atoms with van der Waals surface area (Å²) in [5.74, 6) is 0. The molecule has 106 valence electrons. The van der Waals surface area contributed by atoms with Crippen molar-refractivity contribution >= 4 is 11.6 Å². The fourth-order valence-electron chi connectivity index (χ4n) is 2.34. The Hall–Kier alpha value is -0.610. The zero-order valence-corrected chi connectivity index (χ0v) is 12.5. The molecule has 0 radical (unpaired) electrons. The van der Waals surface area contributed by atoms with Crippen LogP contribution in [0.5, 0.6) is 0 Å². The lowest BCUT2D eigenvalue weighted by molar-refractivity contribution is 0.0169. The van der Waals surface area contributed by atoms with E-state index in [1.807, 2.05) is 12.1 Å². The lowest BCUT2D eigenvalue weighted by Gasteiger charge is -2.29. The molecule has 3 nitrogen and oxygen atoms in total. The Morgan fingerprint density at radius 1 is 1.42 bits per heavy atom. The fourth-order valence-corrected chi connectivity index (χ4v) is 2.47. The van der Waals surface area contributed by atoms with Crippen molar-refractivity contribution in [2.24, 2.45) is 0 Å². The maximum Gasteiger partial charge on any atom is 0.0712 e. The Morgan fingerprint density at radius 3 is 2.79 bits per heavy atom. The minimum absolute atomic E-state index is 0.355. The Balaban J connectivity index is 1.81. The fraction of sp³-hybridized carbons (Fsp3) is 0.600. The highest BCUT2D eigenvalue weighted by atomic mass is 35.5. The Morgan fingerprint density at radius 2 is 2.16 bits per heavy atom. The predicted octanol–water partition coefficient (Wildman–Crippen LogP) is 2.71. The van der Waals surface area contributed by atoms with Gasteiger partial charge in [-0.2, -0.15) is 0 Å². The highest BCUT2D eigenvalue weighted by Gasteiger charge is 2.16. The van der Waals surface area contributed by atoms with E-state index in [9.17, 15) is 0 Å². The molecule has 1 aliphatic rings. The second-order valence-electron chi connectivity index (χ2n) is 5.19. The van der Waals surface area contributed by atoms with Crippen LogP contribution in [0.15, 0.2) is 24.3 Å². The first-order valence-corrected chi connectivity index (χ1v) is 7.32. The van der Waals surface area contributed by atoms with Gasteiger partial charge in [0.25, 0.3) is 0 Å². The molecule has 1 fully saturated rings. The van der Waals surface area contributed by atoms with Gasteiger partial charge in [-0.1, -0.05) is 23.7 Å². The number of nitrogens with zero attached hydrogens (tertiary/aromatic N) is 1. The van der Waals surface area contributed by atoms with Crippen LogP contribution in [0.25, 0.3) is 0 Å². The first-order chi connectivity index (χ1) is 9.16. The molecule has 1 aromatic carbocycles. The molecule has 0 spiro atoms. The molecule has 1 heterocycles. The topological polar surface area (TPSA) is 24.5 Å². The monoisotopic (exact) mass is 282 g/mol. The molecule has 19 heavy (non-hydrogen) atoms. The SMILES string of the molecule is CC(c1ccc(Cl)cc1)N(C)CCC1CNCCO1. The number of benzene rings is 1. The van der Waals surface area contributed by atoms with E-state index in [0.717, 1.165) is 37.7 Å². The van der Waals surface area contributed by atoms with Gasteiger partial charge in [0.15, 0.2) is 0 Å². The second-order valence-corrected chi connectivity index (χ2v) is 5.63. The standard InChI is InChI=1S/C15H23ClN2O/c1-12(13-3-5-14(16)6-4-13)18(2)9-7-15-11-17-8-10-19-15/h3-6,12,15,17H,7-11H2,1-2H3. The average molecular weight is 283 g/mol. The Kier molecular flexibility index (Phi) is 5.64. The van der Waals surface area contributed by atoms with E-state index in [1.54, 1.807) is 0 Å². The molecular weight excluding hydrogens is 260 g/mol. The molecule has 4 heteroatoms. The minimum atomic E-state index is 0.355. The molecule has 2 unspecified atom stereocenters. The zero-order chi connectivity index (χ0) is 13.7. The van der Waals surface area contributed by atoms with Crippen molar-refractivity contribution in [2.45, 2.75) is 25.5 Å². The molecule has 2 rings (SSSR count). The van der Waals surface area contributed by atoms with E-state index in [-0.39, 0.29) is 0 Å². The van der Waals surface area contributed by atoms with Crippen molar-refractivity contribution in [1.82, 2.24) is 10.2 Å². The Labute approximate surface area is 120 Å². The zero-order valence-electron chi connectivity index (χ0n) is 11.7. The highest BCUT2D eigenvalue weighted by molar-refractivity contribution is 6.30. The average Bonchev–Trinajstić information content (AvgIpc) is 2.46. The summed E-state index contributed by atoms with van der Waals surface area (Å²) in [4.78, 5) is 2.36. The van der Waals surface area contributed by atoms with Crippen LogP contribution < -0.4 is 5.32 Å². The maximum atomic E-state index is 5.92. The molecular formula is C15H23ClN2O. The number of nitrogens with one attached hydrogen (secondary N) is 1. The van der Waals surface area contributed by atoms with Crippen LogP contribution in [0, 0.1) is 0 Å². The number of hydrogen-bond donors (Lipinski definition) is 1. The van der Waals surface area contributed by atoms with Crippen LogP contribution in [0.1, 0.15) is 24.9 Å². The van der Waals surface area contributed by atoms with Crippen molar-refractivity contribution in [1.29, 1.82) is 0 Å². The third-order valence-electron chi connectivity index (χ3n) is 3.82. The number of ether oxygens (including phenoxy) is 1. The number of hydrogen-bond acceptors (Lipinski definition) is 3. The van der Waals surface area contributed by atoms with Gasteiger partial charge in [-0.25, -0.2) is 0 Å². The summed E-state index contributed by atoms with van der Waals surface area (Å²) in [6.07, 6.45) is 1.43. The first kappa shape index (κ1) is 14.8. The number of rotatable bonds is 5. The normalized spacial score (nSPS) is 21.6. The van der Waals surface area contributed by atoms with Crippen molar-refractivity contribution in [3.05, 3.63) is 34.9 Å². The van der Waals surface area contributed by atoms with Gasteiger partial charge in [-0.3, -0.25) is 4.90 Å². The largest absolute Gasteiger partial charge is 0.376 e. The van der Waals surface area contributed by atoms with Crippen LogP contribution in [0.2, 0.25) is 5.02 Å². The summed E-state index contributed by atoms with van der Waals surface area (Å²) < 4.78 is 5.72. The van der Waals surface area contributed by atoms with E-state index in [0.29, 0.717) is 12.1 Å². The first-order valence-electron chi connectivity index (χ1n) is 6.95. The van der Waals surface area contributed by atoms with Crippen LogP contribution in [0.4, 0.5) is 0 Å². The molecule has 0 amide bonds. The van der Waals surface area contributed by atoms with Crippen molar-refractivity contribution in [2.75, 3.05) is 33.3 Å². The van der Waals surface area contributed by atoms with E-state index in [4.69, 9.17) is 16.3 Å². The van der Waals surface area contributed by atoms with Gasteiger partial charge in [0, 0.05) is 30.7 Å². The summed E-state index contributed by atoms with van der Waals surface area (Å²) in [5.41, 5.74) is 1.30. The summed E-state index contributed by atoms with van der Waals surface area (Å²) in [6, 6.07) is 8.50. The molecule has 0 bridgehead atoms. The molecule has 1 N–H and O–H groups in total. The van der Waals surface area contributed by atoms with E-state index in [2.05, 4.69) is 36.3 Å². The van der Waals surface area contributed by atoms with Gasteiger partial charge in [0.1, 0.15) is 0 Å². The van der Waals surface area contributed by atoms with Crippen molar-refractivity contribution in [3.8, 4) is 0 Å². The predicted molar refractivity (Wildman–Crippen MR) is 79.7 cm³/mol. The van der Waals surface area contributed by atoms with E-state index in [1.165, 1.54) is 5.56 Å². The lowest BCUT2D eigenvalue weighted by Crippen LogP contribution is -2.40. The lowest BCUT2D eigenvalue weighted by atomic mass is 10.1. The van der Waals surface area contributed by atoms with Gasteiger partial charge >= 0.3 is 0 Å². The van der Waals surface area contributed by atoms with Gasteiger partial charge in [0.05, 0.1) is 12.7 Å². The quantitative estimate of drug-likeness (QED) is 0.899. The highest BCUT2D eigenvalue weighted by Crippen LogP contribution is 2.21. The summed E-state index contributed by atoms with van der Waals surface area (Å²) >= 11 is 5.92. The van der Waals surface area contributed by atoms with Crippen molar-refractivity contribution < 1.29 is 4.74 Å². The molecule has 1 aromatic rings. The van der Waals surface area contributed by atoms with Crippen LogP contribution >= 0.6 is 11.6 Å². The maximum absolute atomic E-state index is 5.92. The molecule has 2 atom stereocenters. The summed E-state index contributed by atoms with van der Waals surface area (Å²) in [6.45, 7) is 6.05. The molecule has 1 aliphatic heterocycles. The number of morpholine rings is 1. The third kappa shape index (κ3) is 4.46. The second kappa shape index (κ2) is 7.25. The van der Waals surface area contributed by atoms with Gasteiger partial charge < -0.3 is 10.1 Å². The smallest absolute Gasteiger partial charge is 0.0712 e. The van der Waals surface area contributed by atoms with Crippen LogP contribution in [0.3, 0.4) is 0 Å². The number of halogens is 1. The summed E-state index contributed by atoms with van der Waals surface area (Å²) in [5, 5.41) is 4.16. The molecule has 1 saturated heterocycles. The van der Waals surface area contributed by atoms with E-state index >= 15 is 0 Å². The van der Waals surface area contributed by atoms with Crippen molar-refractivity contribution in [3.63, 3.8) is 0 Å².